The Morgan fingerprint density at radius 2 is 0.982 bits per heavy atom. The van der Waals surface area contributed by atoms with Gasteiger partial charge in [-0.05, 0) is 90.8 Å². The Labute approximate surface area is 333 Å². The highest BCUT2D eigenvalue weighted by molar-refractivity contribution is 5.79. The van der Waals surface area contributed by atoms with Gasteiger partial charge in [0.25, 0.3) is 0 Å². The average molecular weight is 795 g/mol. The fourth-order valence-corrected chi connectivity index (χ4v) is 4.66. The lowest BCUT2D eigenvalue weighted by molar-refractivity contribution is -0.165. The van der Waals surface area contributed by atoms with Crippen molar-refractivity contribution in [3.63, 3.8) is 0 Å². The van der Waals surface area contributed by atoms with Gasteiger partial charge in [0.1, 0.15) is 42.0 Å². The molecule has 0 aromatic heterocycles. The fraction of sp³-hybridized carbons (Fsp3) is 0.667. The summed E-state index contributed by atoms with van der Waals surface area (Å²) in [7, 11) is 0. The number of epoxide rings is 1. The third kappa shape index (κ3) is 23.7. The van der Waals surface area contributed by atoms with Crippen LogP contribution in [0, 0.1) is 0 Å². The fourth-order valence-electron chi connectivity index (χ4n) is 4.66. The summed E-state index contributed by atoms with van der Waals surface area (Å²) >= 11 is 0. The van der Waals surface area contributed by atoms with Crippen LogP contribution in [0.25, 0.3) is 0 Å². The summed E-state index contributed by atoms with van der Waals surface area (Å²) in [5, 5.41) is 9.97. The number of esters is 2. The number of hydrogen-bond donors (Lipinski definition) is 1. The number of hydrogen-bond acceptors (Lipinski definition) is 14. The Bertz CT molecular complexity index is 1290. The molecule has 14 nitrogen and oxygen atoms in total. The first-order valence-electron chi connectivity index (χ1n) is 19.4. The van der Waals surface area contributed by atoms with Crippen LogP contribution in [0.15, 0.2) is 48.5 Å². The molecule has 14 heteroatoms. The van der Waals surface area contributed by atoms with E-state index in [1.165, 1.54) is 0 Å². The molecule has 2 aromatic rings. The van der Waals surface area contributed by atoms with Gasteiger partial charge in [0.05, 0.1) is 66.1 Å². The zero-order valence-corrected chi connectivity index (χ0v) is 34.7. The van der Waals surface area contributed by atoms with E-state index in [1.807, 2.05) is 71.0 Å². The van der Waals surface area contributed by atoms with E-state index in [0.29, 0.717) is 98.2 Å². The molecule has 0 aliphatic carbocycles. The Kier molecular flexibility index (Phi) is 23.8. The lowest BCUT2D eigenvalue weighted by Gasteiger charge is -2.21. The van der Waals surface area contributed by atoms with Crippen molar-refractivity contribution >= 4 is 11.9 Å². The van der Waals surface area contributed by atoms with Crippen LogP contribution in [0.3, 0.4) is 0 Å². The second-order valence-corrected chi connectivity index (χ2v) is 14.5. The molecule has 1 heterocycles. The molecule has 0 bridgehead atoms. The van der Waals surface area contributed by atoms with Gasteiger partial charge in [-0.2, -0.15) is 0 Å². The van der Waals surface area contributed by atoms with Crippen molar-refractivity contribution in [3.8, 4) is 11.5 Å². The van der Waals surface area contributed by atoms with E-state index < -0.39 is 29.4 Å². The number of aliphatic hydroxyl groups excluding tert-OH is 1. The number of aliphatic hydroxyl groups is 1. The van der Waals surface area contributed by atoms with Crippen molar-refractivity contribution in [1.82, 2.24) is 0 Å². The summed E-state index contributed by atoms with van der Waals surface area (Å²) < 4.78 is 59.1. The molecule has 0 amide bonds. The van der Waals surface area contributed by atoms with Crippen molar-refractivity contribution in [2.24, 2.45) is 0 Å². The molecular weight excluding hydrogens is 728 g/mol. The van der Waals surface area contributed by atoms with E-state index >= 15 is 0 Å². The summed E-state index contributed by atoms with van der Waals surface area (Å²) in [6.07, 6.45) is -1.75. The molecule has 2 aromatic carbocycles. The van der Waals surface area contributed by atoms with Gasteiger partial charge in [-0.25, -0.2) is 9.59 Å². The van der Waals surface area contributed by atoms with Crippen LogP contribution < -0.4 is 9.47 Å². The van der Waals surface area contributed by atoms with E-state index in [2.05, 4.69) is 0 Å². The molecule has 1 saturated heterocycles. The van der Waals surface area contributed by atoms with E-state index in [0.717, 1.165) is 16.9 Å². The third-order valence-electron chi connectivity index (χ3n) is 7.26. The quantitative estimate of drug-likeness (QED) is 0.0706. The van der Waals surface area contributed by atoms with Crippen LogP contribution >= 0.6 is 0 Å². The number of ether oxygens (including phenoxy) is 11. The minimum Gasteiger partial charge on any atom is -0.491 e. The van der Waals surface area contributed by atoms with Gasteiger partial charge in [0, 0.05) is 19.6 Å². The summed E-state index contributed by atoms with van der Waals surface area (Å²) in [5.41, 5.74) is 0.630. The number of carbonyl (C=O) groups is 2. The van der Waals surface area contributed by atoms with Crippen molar-refractivity contribution in [1.29, 1.82) is 0 Å². The summed E-state index contributed by atoms with van der Waals surface area (Å²) in [6.45, 7) is 22.5. The van der Waals surface area contributed by atoms with E-state index in [4.69, 9.17) is 52.1 Å². The molecule has 0 unspecified atom stereocenters. The average Bonchev–Trinajstić information content (AvgIpc) is 3.95. The summed E-state index contributed by atoms with van der Waals surface area (Å²) in [6, 6.07) is 14.8. The maximum Gasteiger partial charge on any atom is 0.338 e. The predicted molar refractivity (Wildman–Crippen MR) is 209 cm³/mol. The van der Waals surface area contributed by atoms with Gasteiger partial charge in [0.15, 0.2) is 12.2 Å². The Morgan fingerprint density at radius 1 is 0.589 bits per heavy atom. The maximum atomic E-state index is 12.0. The van der Waals surface area contributed by atoms with Gasteiger partial charge >= 0.3 is 11.9 Å². The highest BCUT2D eigenvalue weighted by Gasteiger charge is 2.48. The first-order chi connectivity index (χ1) is 26.7. The van der Waals surface area contributed by atoms with Gasteiger partial charge in [-0.1, -0.05) is 24.3 Å². The van der Waals surface area contributed by atoms with Crippen molar-refractivity contribution < 1.29 is 66.8 Å². The smallest absolute Gasteiger partial charge is 0.338 e. The molecule has 3 atom stereocenters. The first kappa shape index (κ1) is 48.8. The van der Waals surface area contributed by atoms with Gasteiger partial charge < -0.3 is 57.2 Å². The van der Waals surface area contributed by atoms with E-state index in [1.54, 1.807) is 32.9 Å². The third-order valence-corrected chi connectivity index (χ3v) is 7.26. The van der Waals surface area contributed by atoms with Gasteiger partial charge in [-0.15, -0.1) is 0 Å². The second kappa shape index (κ2) is 27.3. The number of carbonyl (C=O) groups excluding carboxylic acids is 2. The van der Waals surface area contributed by atoms with Crippen LogP contribution in [-0.2, 0) is 58.6 Å². The van der Waals surface area contributed by atoms with Crippen molar-refractivity contribution in [2.75, 3.05) is 92.5 Å². The second-order valence-electron chi connectivity index (χ2n) is 14.5. The van der Waals surface area contributed by atoms with Gasteiger partial charge in [-0.3, -0.25) is 0 Å². The van der Waals surface area contributed by atoms with E-state index in [-0.39, 0.29) is 18.5 Å². The minimum atomic E-state index is -1.19. The largest absolute Gasteiger partial charge is 0.491 e. The molecule has 0 radical (unpaired) electrons. The lowest BCUT2D eigenvalue weighted by atomic mass is 10.1. The van der Waals surface area contributed by atoms with Crippen molar-refractivity contribution in [3.05, 3.63) is 59.7 Å². The maximum absolute atomic E-state index is 12.0. The van der Waals surface area contributed by atoms with Crippen LogP contribution in [0.5, 0.6) is 11.5 Å². The zero-order chi connectivity index (χ0) is 41.2. The molecule has 1 fully saturated rings. The van der Waals surface area contributed by atoms with Gasteiger partial charge in [0.2, 0.25) is 0 Å². The standard InChI is InChI=1S/C21H32O7.C21H34O7/c1-5-23-10-11-24-12-13-25-14-15-26-17-8-6-16(7-9-17)18-19(27-18)20(22)28-21(2,3)4;1-5-24-10-11-25-12-13-26-14-15-27-18-8-6-17(7-9-18)16-19(22)20(23)28-21(2,3)4/h6-9,18-19H,5,10-15H2,1-4H3;6-9,19,22H,5,10-16H2,1-4H3/t18-,19+;19-/m01/s1. The molecule has 1 aliphatic rings. The Balaban J connectivity index is 0.000000387. The zero-order valence-electron chi connectivity index (χ0n) is 34.7. The number of benzene rings is 2. The molecule has 1 N–H and O–H groups in total. The minimum absolute atomic E-state index is 0.196. The molecular formula is C42H66O14. The van der Waals surface area contributed by atoms with Crippen LogP contribution in [0.2, 0.25) is 0 Å². The highest BCUT2D eigenvalue weighted by Crippen LogP contribution is 2.40. The first-order valence-corrected chi connectivity index (χ1v) is 19.4. The highest BCUT2D eigenvalue weighted by atomic mass is 16.6. The predicted octanol–water partition coefficient (Wildman–Crippen LogP) is 5.30. The molecule has 56 heavy (non-hydrogen) atoms. The normalized spacial score (nSPS) is 15.7. The summed E-state index contributed by atoms with van der Waals surface area (Å²) in [4.78, 5) is 23.8. The van der Waals surface area contributed by atoms with Crippen LogP contribution in [0.1, 0.15) is 72.6 Å². The summed E-state index contributed by atoms with van der Waals surface area (Å²) in [5.74, 6) is 0.505. The molecule has 318 valence electrons. The molecule has 0 spiro atoms. The Morgan fingerprint density at radius 3 is 1.39 bits per heavy atom. The Hall–Kier alpha value is -3.34. The topological polar surface area (TPSA) is 159 Å². The molecule has 1 aliphatic heterocycles. The van der Waals surface area contributed by atoms with E-state index in [9.17, 15) is 14.7 Å². The monoisotopic (exact) mass is 794 g/mol. The number of rotatable bonds is 27. The van der Waals surface area contributed by atoms with Crippen LogP contribution in [0.4, 0.5) is 0 Å². The molecule has 3 rings (SSSR count). The lowest BCUT2D eigenvalue weighted by Crippen LogP contribution is -2.32. The van der Waals surface area contributed by atoms with Crippen molar-refractivity contribution in [2.45, 2.75) is 91.3 Å². The SMILES string of the molecule is CCOCCOCCOCCOc1ccc(C[C@@H](O)C(=O)OC(C)(C)C)cc1.CCOCCOCCOCCOc1ccc([C@@H]2O[C@H]2C(=O)OC(C)(C)C)cc1. The molecule has 0 saturated carbocycles. The van der Waals surface area contributed by atoms with Crippen LogP contribution in [-0.4, -0.2) is 133 Å².